The molecule has 0 N–H and O–H groups in total. The van der Waals surface area contributed by atoms with Crippen molar-refractivity contribution in [2.24, 2.45) is 0 Å². The highest BCUT2D eigenvalue weighted by Gasteiger charge is 2.42. The summed E-state index contributed by atoms with van der Waals surface area (Å²) in [5.74, 6) is 0. The Kier molecular flexibility index (Phi) is 6.13. The van der Waals surface area contributed by atoms with Gasteiger partial charge in [-0.05, 0) is 139 Å². The lowest BCUT2D eigenvalue weighted by atomic mass is 9.78. The van der Waals surface area contributed by atoms with Crippen molar-refractivity contribution in [1.82, 2.24) is 0 Å². The Morgan fingerprint density at radius 3 is 1.33 bits per heavy atom. The molecule has 7 aromatic rings. The minimum atomic E-state index is -0.120. The van der Waals surface area contributed by atoms with Gasteiger partial charge in [-0.2, -0.15) is 0 Å². The van der Waals surface area contributed by atoms with E-state index in [1.54, 1.807) is 0 Å². The third-order valence-corrected chi connectivity index (χ3v) is 11.3. The van der Waals surface area contributed by atoms with E-state index in [1.807, 2.05) is 0 Å². The van der Waals surface area contributed by atoms with Gasteiger partial charge in [0.25, 0.3) is 0 Å². The van der Waals surface area contributed by atoms with Crippen molar-refractivity contribution in [3.8, 4) is 55.6 Å². The summed E-state index contributed by atoms with van der Waals surface area (Å²) in [6.07, 6.45) is 0. The zero-order valence-corrected chi connectivity index (χ0v) is 28.7. The molecule has 232 valence electrons. The van der Waals surface area contributed by atoms with E-state index in [2.05, 4.69) is 175 Å². The molecule has 0 bridgehead atoms. The Balaban J connectivity index is 1.18. The van der Waals surface area contributed by atoms with Crippen molar-refractivity contribution in [2.75, 3.05) is 0 Å². The summed E-state index contributed by atoms with van der Waals surface area (Å²) in [4.78, 5) is 0. The maximum Gasteiger partial charge on any atom is 0.0159 e. The van der Waals surface area contributed by atoms with E-state index in [9.17, 15) is 0 Å². The van der Waals surface area contributed by atoms with Crippen LogP contribution in [0.3, 0.4) is 0 Å². The fourth-order valence-electron chi connectivity index (χ4n) is 8.79. The Labute approximate surface area is 284 Å². The van der Waals surface area contributed by atoms with Gasteiger partial charge in [-0.15, -0.1) is 0 Å². The Hall–Kier alpha value is -5.20. The fourth-order valence-corrected chi connectivity index (χ4v) is 8.79. The summed E-state index contributed by atoms with van der Waals surface area (Å²) in [6, 6.07) is 50.6. The van der Waals surface area contributed by atoms with E-state index in [0.717, 1.165) is 0 Å². The first-order chi connectivity index (χ1) is 23.1. The minimum Gasteiger partial charge on any atom is -0.0622 e. The molecule has 0 amide bonds. The predicted octanol–water partition coefficient (Wildman–Crippen LogP) is 13.1. The summed E-state index contributed by atoms with van der Waals surface area (Å²) >= 11 is 0. The second kappa shape index (κ2) is 10.1. The van der Waals surface area contributed by atoms with Crippen LogP contribution in [0.5, 0.6) is 0 Å². The van der Waals surface area contributed by atoms with E-state index in [1.165, 1.54) is 99.8 Å². The quantitative estimate of drug-likeness (QED) is 0.185. The van der Waals surface area contributed by atoms with Crippen LogP contribution in [0.25, 0.3) is 66.4 Å². The molecule has 2 aliphatic rings. The number of benzene rings is 7. The largest absolute Gasteiger partial charge is 0.0622 e. The fraction of sp³-hybridized carbons (Fsp3) is 0.167. The molecular weight excluding hydrogens is 577 g/mol. The van der Waals surface area contributed by atoms with Crippen LogP contribution < -0.4 is 0 Å². The normalized spacial score (nSPS) is 14.8. The third kappa shape index (κ3) is 4.22. The maximum atomic E-state index is 2.53. The smallest absolute Gasteiger partial charge is 0.0159 e. The lowest BCUT2D eigenvalue weighted by Crippen LogP contribution is -2.17. The molecule has 0 fully saturated rings. The zero-order chi connectivity index (χ0) is 32.9. The standard InChI is InChI=1S/C48H40/c1-29-20-30(2)22-36(21-29)34-16-18-37-41-27-46-42(28-45(41)47(3,4)43(37)25-34)38-19-17-35(26-44(38)48(46,5)6)40-24-33-15-11-10-14-32(33)23-39(40)31-12-8-7-9-13-31/h7-28H,1-6H3. The number of hydrogen-bond donors (Lipinski definition) is 0. The van der Waals surface area contributed by atoms with Gasteiger partial charge >= 0.3 is 0 Å². The maximum absolute atomic E-state index is 2.53. The van der Waals surface area contributed by atoms with Crippen molar-refractivity contribution in [2.45, 2.75) is 52.4 Å². The number of rotatable bonds is 3. The average Bonchev–Trinajstić information content (AvgIpc) is 3.45. The van der Waals surface area contributed by atoms with E-state index >= 15 is 0 Å². The molecule has 2 aliphatic carbocycles. The highest BCUT2D eigenvalue weighted by molar-refractivity contribution is 5.98. The molecule has 0 unspecified atom stereocenters. The molecule has 48 heavy (non-hydrogen) atoms. The van der Waals surface area contributed by atoms with Crippen LogP contribution in [-0.2, 0) is 10.8 Å². The van der Waals surface area contributed by atoms with E-state index in [-0.39, 0.29) is 10.8 Å². The average molecular weight is 617 g/mol. The van der Waals surface area contributed by atoms with Crippen molar-refractivity contribution < 1.29 is 0 Å². The van der Waals surface area contributed by atoms with E-state index in [0.29, 0.717) is 0 Å². The first-order valence-corrected chi connectivity index (χ1v) is 17.3. The van der Waals surface area contributed by atoms with Crippen LogP contribution in [0.15, 0.2) is 133 Å². The van der Waals surface area contributed by atoms with Crippen LogP contribution in [0.2, 0.25) is 0 Å². The Morgan fingerprint density at radius 1 is 0.312 bits per heavy atom. The number of aryl methyl sites for hydroxylation is 2. The molecule has 0 nitrogen and oxygen atoms in total. The first kappa shape index (κ1) is 29.0. The number of fused-ring (bicyclic) bond motifs is 7. The van der Waals surface area contributed by atoms with Crippen LogP contribution in [0.1, 0.15) is 61.1 Å². The molecular formula is C48H40. The van der Waals surface area contributed by atoms with Gasteiger partial charge in [0.1, 0.15) is 0 Å². The van der Waals surface area contributed by atoms with Crippen LogP contribution in [0.4, 0.5) is 0 Å². The van der Waals surface area contributed by atoms with Crippen molar-refractivity contribution in [3.63, 3.8) is 0 Å². The second-order valence-electron chi connectivity index (χ2n) is 15.2. The summed E-state index contributed by atoms with van der Waals surface area (Å²) in [5, 5.41) is 2.54. The number of hydrogen-bond acceptors (Lipinski definition) is 0. The highest BCUT2D eigenvalue weighted by atomic mass is 14.4. The molecule has 0 aromatic heterocycles. The van der Waals surface area contributed by atoms with Crippen molar-refractivity contribution in [3.05, 3.63) is 167 Å². The van der Waals surface area contributed by atoms with Gasteiger partial charge in [-0.1, -0.05) is 136 Å². The molecule has 0 radical (unpaired) electrons. The van der Waals surface area contributed by atoms with Gasteiger partial charge in [0, 0.05) is 10.8 Å². The van der Waals surface area contributed by atoms with Crippen molar-refractivity contribution >= 4 is 10.8 Å². The van der Waals surface area contributed by atoms with Gasteiger partial charge in [-0.25, -0.2) is 0 Å². The lowest BCUT2D eigenvalue weighted by Gasteiger charge is -2.24. The zero-order valence-electron chi connectivity index (χ0n) is 28.7. The summed E-state index contributed by atoms with van der Waals surface area (Å²) in [6.45, 7) is 14.0. The molecule has 9 rings (SSSR count). The van der Waals surface area contributed by atoms with Gasteiger partial charge in [0.15, 0.2) is 0 Å². The molecule has 0 atom stereocenters. The summed E-state index contributed by atoms with van der Waals surface area (Å²) in [5.41, 5.74) is 21.3. The molecule has 0 saturated heterocycles. The van der Waals surface area contributed by atoms with Gasteiger partial charge < -0.3 is 0 Å². The van der Waals surface area contributed by atoms with Crippen LogP contribution in [0, 0.1) is 13.8 Å². The van der Waals surface area contributed by atoms with Crippen LogP contribution in [-0.4, -0.2) is 0 Å². The first-order valence-electron chi connectivity index (χ1n) is 17.3. The topological polar surface area (TPSA) is 0 Å². The Morgan fingerprint density at radius 2 is 0.771 bits per heavy atom. The van der Waals surface area contributed by atoms with E-state index in [4.69, 9.17) is 0 Å². The lowest BCUT2D eigenvalue weighted by molar-refractivity contribution is 0.652. The molecule has 0 aliphatic heterocycles. The predicted molar refractivity (Wildman–Crippen MR) is 205 cm³/mol. The molecule has 7 aromatic carbocycles. The second-order valence-corrected chi connectivity index (χ2v) is 15.2. The van der Waals surface area contributed by atoms with Gasteiger partial charge in [-0.3, -0.25) is 0 Å². The molecule has 0 spiro atoms. The molecule has 0 heterocycles. The highest BCUT2D eigenvalue weighted by Crippen LogP contribution is 2.57. The summed E-state index contributed by atoms with van der Waals surface area (Å²) in [7, 11) is 0. The molecule has 0 heteroatoms. The van der Waals surface area contributed by atoms with Gasteiger partial charge in [0.2, 0.25) is 0 Å². The Bertz CT molecular complexity index is 2430. The monoisotopic (exact) mass is 616 g/mol. The molecule has 0 saturated carbocycles. The SMILES string of the molecule is Cc1cc(C)cc(-c2ccc3c(c2)C(C)(C)c2cc4c(cc2-3)C(C)(C)c2cc(-c3cc5ccccc5cc3-c3ccccc3)ccc2-4)c1. The van der Waals surface area contributed by atoms with Gasteiger partial charge in [0.05, 0.1) is 0 Å². The third-order valence-electron chi connectivity index (χ3n) is 11.3. The minimum absolute atomic E-state index is 0.0862. The van der Waals surface area contributed by atoms with Crippen molar-refractivity contribution in [1.29, 1.82) is 0 Å². The van der Waals surface area contributed by atoms with Crippen LogP contribution >= 0.6 is 0 Å². The van der Waals surface area contributed by atoms with E-state index < -0.39 is 0 Å². The summed E-state index contributed by atoms with van der Waals surface area (Å²) < 4.78 is 0.